The van der Waals surface area contributed by atoms with Crippen LogP contribution in [0.4, 0.5) is 0 Å². The van der Waals surface area contributed by atoms with E-state index in [1.807, 2.05) is 59.3 Å². The van der Waals surface area contributed by atoms with Crippen LogP contribution in [0.25, 0.3) is 0 Å². The van der Waals surface area contributed by atoms with Gasteiger partial charge in [0.2, 0.25) is 5.43 Å². The lowest BCUT2D eigenvalue weighted by Gasteiger charge is -2.50. The average molecular weight is 564 g/mol. The van der Waals surface area contributed by atoms with Crippen molar-refractivity contribution in [2.45, 2.75) is 29.7 Å². The first-order chi connectivity index (χ1) is 20.1. The minimum absolute atomic E-state index is 0.0551. The maximum atomic E-state index is 14.1. The molecule has 8 heteroatoms. The molecule has 0 unspecified atom stereocenters. The van der Waals surface area contributed by atoms with Crippen molar-refractivity contribution in [2.24, 2.45) is 0 Å². The molecule has 0 aliphatic carbocycles. The van der Waals surface area contributed by atoms with Crippen molar-refractivity contribution >= 4 is 17.7 Å². The summed E-state index contributed by atoms with van der Waals surface area (Å²) in [5.41, 5.74) is 3.39. The number of thioether (sulfide) groups is 1. The van der Waals surface area contributed by atoms with E-state index in [0.717, 1.165) is 33.1 Å². The van der Waals surface area contributed by atoms with E-state index in [-0.39, 0.29) is 29.4 Å². The molecule has 1 amide bonds. The van der Waals surface area contributed by atoms with Crippen molar-refractivity contribution in [2.75, 3.05) is 24.8 Å². The Labute approximate surface area is 242 Å². The molecule has 4 aromatic rings. The number of hydrogen-bond acceptors (Lipinski definition) is 6. The van der Waals surface area contributed by atoms with Gasteiger partial charge in [-0.15, -0.1) is 11.8 Å². The zero-order chi connectivity index (χ0) is 28.0. The van der Waals surface area contributed by atoms with Gasteiger partial charge in [0.15, 0.2) is 11.4 Å². The second kappa shape index (κ2) is 10.2. The standard InChI is InChI=1S/C33H29N3O4S/c1-33-25-13-5-6-15-28(25)41-21-24-12-9-14-27(29(24)33)39-19-8-7-17-34-22-36(33)35-18-16-26(37)31(30(35)32(34)38)40-20-23-10-3-2-4-11-23/h2-16,18H,17,19-22H2,1H3/b8-7+/t33-/m1/s1. The van der Waals surface area contributed by atoms with Crippen LogP contribution in [0.1, 0.15) is 39.7 Å². The van der Waals surface area contributed by atoms with Crippen LogP contribution in [0.2, 0.25) is 0 Å². The number of amides is 1. The monoisotopic (exact) mass is 563 g/mol. The van der Waals surface area contributed by atoms with Crippen LogP contribution < -0.4 is 19.9 Å². The van der Waals surface area contributed by atoms with E-state index in [1.165, 1.54) is 11.6 Å². The summed E-state index contributed by atoms with van der Waals surface area (Å²) < 4.78 is 14.4. The number of carbonyl (C=O) groups excluding carboxylic acids is 1. The maximum absolute atomic E-state index is 14.1. The number of fused-ring (bicyclic) bond motifs is 7. The molecule has 1 aromatic heterocycles. The Morgan fingerprint density at radius 2 is 1.78 bits per heavy atom. The van der Waals surface area contributed by atoms with Gasteiger partial charge in [0.1, 0.15) is 31.2 Å². The Kier molecular flexibility index (Phi) is 6.35. The Morgan fingerprint density at radius 3 is 2.66 bits per heavy atom. The van der Waals surface area contributed by atoms with E-state index >= 15 is 0 Å². The number of aromatic nitrogens is 1. The second-order valence-electron chi connectivity index (χ2n) is 10.5. The van der Waals surface area contributed by atoms with Crippen molar-refractivity contribution in [3.05, 3.63) is 135 Å². The SMILES string of the molecule is C[C@@]12c3ccccc3SCc3cccc(c31)OC/C=C/CN1CN2n2ccc(=O)c(OCc3ccccc3)c2C1=O. The van der Waals surface area contributed by atoms with Gasteiger partial charge in [-0.3, -0.25) is 19.3 Å². The molecule has 0 N–H and O–H groups in total. The number of rotatable bonds is 3. The molecule has 7 nitrogen and oxygen atoms in total. The van der Waals surface area contributed by atoms with Crippen LogP contribution in [-0.4, -0.2) is 35.3 Å². The summed E-state index contributed by atoms with van der Waals surface area (Å²) in [5, 5.41) is 2.17. The quantitative estimate of drug-likeness (QED) is 0.316. The molecule has 206 valence electrons. The van der Waals surface area contributed by atoms with Gasteiger partial charge in [-0.25, -0.2) is 0 Å². The van der Waals surface area contributed by atoms with Crippen molar-refractivity contribution in [3.8, 4) is 11.5 Å². The van der Waals surface area contributed by atoms with Crippen LogP contribution in [0, 0.1) is 0 Å². The van der Waals surface area contributed by atoms with Crippen LogP contribution >= 0.6 is 11.8 Å². The Bertz CT molecular complexity index is 1730. The molecule has 0 fully saturated rings. The fourth-order valence-electron chi connectivity index (χ4n) is 6.05. The van der Waals surface area contributed by atoms with E-state index < -0.39 is 5.54 Å². The first-order valence-corrected chi connectivity index (χ1v) is 14.7. The van der Waals surface area contributed by atoms with E-state index in [4.69, 9.17) is 9.47 Å². The number of nitrogens with zero attached hydrogens (tertiary/aromatic N) is 3. The maximum Gasteiger partial charge on any atom is 0.278 e. The molecule has 3 aliphatic rings. The van der Waals surface area contributed by atoms with Crippen LogP contribution in [0.5, 0.6) is 11.5 Å². The van der Waals surface area contributed by atoms with E-state index in [9.17, 15) is 9.59 Å². The second-order valence-corrected chi connectivity index (χ2v) is 11.5. The molecule has 1 atom stereocenters. The number of ether oxygens (including phenoxy) is 2. The summed E-state index contributed by atoms with van der Waals surface area (Å²) in [6.07, 6.45) is 5.59. The highest BCUT2D eigenvalue weighted by Crippen LogP contribution is 2.50. The van der Waals surface area contributed by atoms with E-state index in [1.54, 1.807) is 22.9 Å². The number of hydrogen-bond donors (Lipinski definition) is 0. The predicted octanol–water partition coefficient (Wildman–Crippen LogP) is 5.30. The molecule has 4 heterocycles. The van der Waals surface area contributed by atoms with Crippen molar-refractivity contribution < 1.29 is 14.3 Å². The lowest BCUT2D eigenvalue weighted by molar-refractivity contribution is 0.0681. The molecule has 0 spiro atoms. The van der Waals surface area contributed by atoms with Gasteiger partial charge >= 0.3 is 0 Å². The summed E-state index contributed by atoms with van der Waals surface area (Å²) in [4.78, 5) is 30.3. The molecule has 41 heavy (non-hydrogen) atoms. The minimum Gasteiger partial charge on any atom is -0.489 e. The predicted molar refractivity (Wildman–Crippen MR) is 159 cm³/mol. The van der Waals surface area contributed by atoms with Gasteiger partial charge in [0.05, 0.1) is 0 Å². The summed E-state index contributed by atoms with van der Waals surface area (Å²) in [7, 11) is 0. The first-order valence-electron chi connectivity index (χ1n) is 13.7. The van der Waals surface area contributed by atoms with Crippen molar-refractivity contribution in [1.29, 1.82) is 0 Å². The Balaban J connectivity index is 1.49. The summed E-state index contributed by atoms with van der Waals surface area (Å²) in [5.74, 6) is 1.40. The molecule has 3 aromatic carbocycles. The highest BCUT2D eigenvalue weighted by atomic mass is 32.2. The lowest BCUT2D eigenvalue weighted by atomic mass is 9.80. The largest absolute Gasteiger partial charge is 0.489 e. The number of pyridine rings is 1. The van der Waals surface area contributed by atoms with Gasteiger partial charge < -0.3 is 14.4 Å². The van der Waals surface area contributed by atoms with Crippen LogP contribution in [0.15, 0.2) is 107 Å². The van der Waals surface area contributed by atoms with Gasteiger partial charge in [-0.05, 0) is 41.8 Å². The summed E-state index contributed by atoms with van der Waals surface area (Å²) in [6.45, 7) is 3.43. The fraction of sp³-hybridized carbons (Fsp3) is 0.212. The third-order valence-electron chi connectivity index (χ3n) is 8.05. The fourth-order valence-corrected chi connectivity index (χ4v) is 7.20. The molecule has 3 aliphatic heterocycles. The lowest BCUT2D eigenvalue weighted by Crippen LogP contribution is -2.62. The van der Waals surface area contributed by atoms with Gasteiger partial charge in [0, 0.05) is 35.0 Å². The average Bonchev–Trinajstić information content (AvgIpc) is 3.14. The van der Waals surface area contributed by atoms with Crippen LogP contribution in [-0.2, 0) is 17.9 Å². The zero-order valence-electron chi connectivity index (χ0n) is 22.7. The minimum atomic E-state index is -0.754. The number of benzene rings is 3. The van der Waals surface area contributed by atoms with Gasteiger partial charge in [0.25, 0.3) is 5.91 Å². The van der Waals surface area contributed by atoms with Crippen molar-refractivity contribution in [1.82, 2.24) is 9.58 Å². The van der Waals surface area contributed by atoms with Gasteiger partial charge in [-0.1, -0.05) is 66.7 Å². The molecular formula is C33H29N3O4S. The molecular weight excluding hydrogens is 534 g/mol. The van der Waals surface area contributed by atoms with E-state index in [2.05, 4.69) is 42.3 Å². The Hall–Kier alpha value is -4.43. The molecule has 0 saturated heterocycles. The molecule has 2 bridgehead atoms. The van der Waals surface area contributed by atoms with Crippen molar-refractivity contribution in [3.63, 3.8) is 0 Å². The highest BCUT2D eigenvalue weighted by Gasteiger charge is 2.47. The van der Waals surface area contributed by atoms with E-state index in [0.29, 0.717) is 19.8 Å². The third kappa shape index (κ3) is 4.21. The highest BCUT2D eigenvalue weighted by molar-refractivity contribution is 7.98. The molecule has 0 radical (unpaired) electrons. The Morgan fingerprint density at radius 1 is 0.951 bits per heavy atom. The summed E-state index contributed by atoms with van der Waals surface area (Å²) in [6, 6.07) is 25.8. The topological polar surface area (TPSA) is 64.0 Å². The smallest absolute Gasteiger partial charge is 0.278 e. The molecule has 0 saturated carbocycles. The number of carbonyl (C=O) groups is 1. The zero-order valence-corrected chi connectivity index (χ0v) is 23.5. The van der Waals surface area contributed by atoms with Crippen LogP contribution in [0.3, 0.4) is 0 Å². The summed E-state index contributed by atoms with van der Waals surface area (Å²) >= 11 is 1.80. The first kappa shape index (κ1) is 25.5. The van der Waals surface area contributed by atoms with Gasteiger partial charge in [-0.2, -0.15) is 0 Å². The normalized spacial score (nSPS) is 20.0. The third-order valence-corrected chi connectivity index (χ3v) is 9.18. The molecule has 7 rings (SSSR count).